The molecule has 2 aromatic rings. The third-order valence-electron chi connectivity index (χ3n) is 4.34. The first-order valence-electron chi connectivity index (χ1n) is 9.85. The molecule has 0 saturated heterocycles. The molecule has 0 unspecified atom stereocenters. The molecule has 0 aliphatic rings. The standard InChI is InChI=1S/C20H25IN2O7S/c1-2-3-4-5-6-7-14-31(28,29)30-21(17-10-8-12-19(15-17)22(24)25)18-11-9-13-20(16-18)23(26)27/h8-13,15-16H,2-7,14H2,1H3. The molecule has 0 N–H and O–H groups in total. The first-order valence-corrected chi connectivity index (χ1v) is 14.5. The van der Waals surface area contributed by atoms with E-state index >= 15 is 0 Å². The van der Waals surface area contributed by atoms with Crippen molar-refractivity contribution < 1.29 is 20.8 Å². The second-order valence-corrected chi connectivity index (χ2v) is 13.5. The van der Waals surface area contributed by atoms with Crippen molar-refractivity contribution in [1.82, 2.24) is 0 Å². The fourth-order valence-electron chi connectivity index (χ4n) is 2.78. The van der Waals surface area contributed by atoms with Crippen molar-refractivity contribution in [2.75, 3.05) is 5.75 Å². The first-order chi connectivity index (χ1) is 14.7. The number of benzene rings is 2. The number of hydrogen-bond donors (Lipinski definition) is 0. The summed E-state index contributed by atoms with van der Waals surface area (Å²) < 4.78 is 31.7. The zero-order chi connectivity index (χ0) is 22.9. The summed E-state index contributed by atoms with van der Waals surface area (Å²) >= 11 is -3.20. The first kappa shape index (κ1) is 25.1. The monoisotopic (exact) mass is 564 g/mol. The van der Waals surface area contributed by atoms with Crippen LogP contribution in [-0.2, 0) is 12.6 Å². The van der Waals surface area contributed by atoms with Crippen molar-refractivity contribution in [3.05, 3.63) is 75.9 Å². The van der Waals surface area contributed by atoms with Crippen molar-refractivity contribution in [3.8, 4) is 0 Å². The molecular formula is C20H25IN2O7S. The van der Waals surface area contributed by atoms with Crippen LogP contribution in [0.1, 0.15) is 45.4 Å². The van der Waals surface area contributed by atoms with Gasteiger partial charge in [-0.25, -0.2) is 0 Å². The van der Waals surface area contributed by atoms with Gasteiger partial charge >= 0.3 is 190 Å². The summed E-state index contributed by atoms with van der Waals surface area (Å²) in [5, 5.41) is 22.3. The third kappa shape index (κ3) is 8.15. The van der Waals surface area contributed by atoms with Crippen molar-refractivity contribution in [2.24, 2.45) is 0 Å². The molecule has 0 bridgehead atoms. The summed E-state index contributed by atoms with van der Waals surface area (Å²) in [6, 6.07) is 11.2. The molecule has 0 fully saturated rings. The van der Waals surface area contributed by atoms with Crippen molar-refractivity contribution in [3.63, 3.8) is 0 Å². The molecule has 0 amide bonds. The van der Waals surface area contributed by atoms with Crippen LogP contribution in [-0.4, -0.2) is 24.0 Å². The molecule has 31 heavy (non-hydrogen) atoms. The summed E-state index contributed by atoms with van der Waals surface area (Å²) in [6.07, 6.45) is 5.43. The van der Waals surface area contributed by atoms with Gasteiger partial charge < -0.3 is 0 Å². The predicted molar refractivity (Wildman–Crippen MR) is 126 cm³/mol. The predicted octanol–water partition coefficient (Wildman–Crippen LogP) is 5.67. The van der Waals surface area contributed by atoms with Crippen LogP contribution in [0, 0.1) is 27.4 Å². The quantitative estimate of drug-likeness (QED) is 0.133. The molecule has 0 atom stereocenters. The van der Waals surface area contributed by atoms with Gasteiger partial charge in [0.05, 0.1) is 0 Å². The average Bonchev–Trinajstić information content (AvgIpc) is 2.74. The molecule has 0 aliphatic heterocycles. The summed E-state index contributed by atoms with van der Waals surface area (Å²) in [6.45, 7) is 2.10. The van der Waals surface area contributed by atoms with Gasteiger partial charge in [-0.3, -0.25) is 0 Å². The van der Waals surface area contributed by atoms with Gasteiger partial charge in [0, 0.05) is 0 Å². The molecule has 0 spiro atoms. The second-order valence-electron chi connectivity index (χ2n) is 6.82. The maximum absolute atomic E-state index is 12.7. The van der Waals surface area contributed by atoms with Crippen LogP contribution in [0.5, 0.6) is 0 Å². The van der Waals surface area contributed by atoms with E-state index in [9.17, 15) is 28.6 Å². The van der Waals surface area contributed by atoms with Gasteiger partial charge in [0.15, 0.2) is 0 Å². The van der Waals surface area contributed by atoms with Crippen molar-refractivity contribution in [1.29, 1.82) is 0 Å². The average molecular weight is 564 g/mol. The molecule has 0 radical (unpaired) electrons. The normalized spacial score (nSPS) is 11.8. The Kier molecular flexibility index (Phi) is 9.78. The number of non-ortho nitro benzene ring substituents is 2. The number of nitrogens with zero attached hydrogens (tertiary/aromatic N) is 2. The van der Waals surface area contributed by atoms with Gasteiger partial charge in [0.1, 0.15) is 0 Å². The van der Waals surface area contributed by atoms with E-state index in [4.69, 9.17) is 2.51 Å². The Balaban J connectivity index is 2.28. The number of rotatable bonds is 13. The van der Waals surface area contributed by atoms with E-state index in [-0.39, 0.29) is 17.1 Å². The summed E-state index contributed by atoms with van der Waals surface area (Å²) in [5.74, 6) is -0.156. The molecule has 170 valence electrons. The van der Waals surface area contributed by atoms with Gasteiger partial charge in [-0.1, -0.05) is 0 Å². The molecule has 11 heteroatoms. The van der Waals surface area contributed by atoms with Crippen molar-refractivity contribution >= 4 is 41.7 Å². The fraction of sp³-hybridized carbons (Fsp3) is 0.400. The Morgan fingerprint density at radius 3 is 1.81 bits per heavy atom. The van der Waals surface area contributed by atoms with E-state index < -0.39 is 40.2 Å². The zero-order valence-corrected chi connectivity index (χ0v) is 20.1. The molecule has 2 rings (SSSR count). The Hall–Kier alpha value is -2.12. The van der Waals surface area contributed by atoms with Crippen molar-refractivity contribution in [2.45, 2.75) is 45.4 Å². The van der Waals surface area contributed by atoms with E-state index in [1.165, 1.54) is 36.4 Å². The molecule has 0 saturated carbocycles. The van der Waals surface area contributed by atoms with Crippen LogP contribution < -0.4 is 0 Å². The molecule has 0 heterocycles. The van der Waals surface area contributed by atoms with Crippen LogP contribution in [0.4, 0.5) is 11.4 Å². The number of nitro benzene ring substituents is 2. The zero-order valence-electron chi connectivity index (χ0n) is 17.1. The fourth-order valence-corrected chi connectivity index (χ4v) is 10.2. The number of halogens is 1. The van der Waals surface area contributed by atoms with E-state index in [2.05, 4.69) is 6.92 Å². The van der Waals surface area contributed by atoms with E-state index in [1.54, 1.807) is 12.1 Å². The van der Waals surface area contributed by atoms with Crippen LogP contribution in [0.2, 0.25) is 0 Å². The van der Waals surface area contributed by atoms with Gasteiger partial charge in [0.2, 0.25) is 0 Å². The van der Waals surface area contributed by atoms with Gasteiger partial charge in [-0.05, 0) is 0 Å². The molecule has 0 aromatic heterocycles. The second kappa shape index (κ2) is 12.1. The number of nitro groups is 2. The van der Waals surface area contributed by atoms with E-state index in [0.29, 0.717) is 13.6 Å². The Morgan fingerprint density at radius 1 is 0.839 bits per heavy atom. The van der Waals surface area contributed by atoms with Crippen LogP contribution in [0.15, 0.2) is 48.5 Å². The summed E-state index contributed by atoms with van der Waals surface area (Å²) in [5.41, 5.74) is -0.385. The molecular weight excluding hydrogens is 539 g/mol. The Labute approximate surface area is 189 Å². The van der Waals surface area contributed by atoms with E-state index in [0.717, 1.165) is 32.1 Å². The van der Waals surface area contributed by atoms with Gasteiger partial charge in [0.25, 0.3) is 0 Å². The number of hydrogen-bond acceptors (Lipinski definition) is 7. The van der Waals surface area contributed by atoms with Gasteiger partial charge in [-0.2, -0.15) is 0 Å². The van der Waals surface area contributed by atoms with Crippen LogP contribution >= 0.6 is 20.2 Å². The third-order valence-corrected chi connectivity index (χ3v) is 11.8. The number of unbranched alkanes of at least 4 members (excludes halogenated alkanes) is 5. The minimum atomic E-state index is -3.91. The van der Waals surface area contributed by atoms with E-state index in [1.807, 2.05) is 0 Å². The Bertz CT molecular complexity index is 957. The maximum atomic E-state index is 12.7. The topological polar surface area (TPSA) is 130 Å². The minimum absolute atomic E-state index is 0.156. The summed E-state index contributed by atoms with van der Waals surface area (Å²) in [4.78, 5) is 21.2. The SMILES string of the molecule is CCCCCCCCS(=O)(=O)OI(c1cccc([N+](=O)[O-])c1)c1cccc([N+](=O)[O-])c1. The Morgan fingerprint density at radius 2 is 1.32 bits per heavy atom. The van der Waals surface area contributed by atoms with Crippen LogP contribution in [0.3, 0.4) is 0 Å². The molecule has 0 aliphatic carbocycles. The summed E-state index contributed by atoms with van der Waals surface area (Å²) in [7, 11) is -3.91. The molecule has 2 aromatic carbocycles. The molecule has 9 nitrogen and oxygen atoms in total. The van der Waals surface area contributed by atoms with Gasteiger partial charge in [-0.15, -0.1) is 0 Å². The van der Waals surface area contributed by atoms with Crippen LogP contribution in [0.25, 0.3) is 0 Å².